The van der Waals surface area contributed by atoms with Crippen molar-refractivity contribution in [3.05, 3.63) is 203 Å². The summed E-state index contributed by atoms with van der Waals surface area (Å²) >= 11 is 0. The Balaban J connectivity index is 1.32. The first-order valence-electron chi connectivity index (χ1n) is 19.2. The van der Waals surface area contributed by atoms with Crippen LogP contribution in [0.25, 0.3) is 34.4 Å². The number of benzene rings is 5. The molecule has 0 radical (unpaired) electrons. The molecule has 8 rings (SSSR count). The van der Waals surface area contributed by atoms with Crippen molar-refractivity contribution in [2.24, 2.45) is 0 Å². The number of imidazole rings is 1. The fourth-order valence-electron chi connectivity index (χ4n) is 7.85. The lowest BCUT2D eigenvalue weighted by atomic mass is 9.77. The number of tetrazole rings is 1. The number of hydrogen-bond acceptors (Lipinski definition) is 5. The Labute approximate surface area is 332 Å². The standard InChI is InChI=1S/C48H43N7O2/c1-4-17-44-49-47(54-34(2)26-27-35(54)3)43(30-31-45(56)57)53(44)33-36-28-29-41(37-18-9-5-10-19-37)42(32-36)46-50-52-55(51-46)48(38-20-11-6-12-21-38,39-22-13-7-14-23-39)40-24-15-8-16-25-40/h5-16,18-32H,4,17,33H2,1-3H3,(H,56,57). The van der Waals surface area contributed by atoms with Crippen LogP contribution in [-0.2, 0) is 23.3 Å². The van der Waals surface area contributed by atoms with E-state index in [2.05, 4.69) is 94.9 Å². The number of carboxylic acid groups (broad SMARTS) is 1. The van der Waals surface area contributed by atoms with Crippen LogP contribution in [0.1, 0.15) is 58.5 Å². The van der Waals surface area contributed by atoms with E-state index in [9.17, 15) is 9.90 Å². The molecule has 0 unspecified atom stereocenters. The molecule has 282 valence electrons. The third kappa shape index (κ3) is 7.00. The van der Waals surface area contributed by atoms with Crippen LogP contribution in [0.5, 0.6) is 0 Å². The summed E-state index contributed by atoms with van der Waals surface area (Å²) in [5.74, 6) is 1.04. The largest absolute Gasteiger partial charge is 0.478 e. The van der Waals surface area contributed by atoms with Gasteiger partial charge in [-0.3, -0.25) is 0 Å². The highest BCUT2D eigenvalue weighted by Gasteiger charge is 2.41. The summed E-state index contributed by atoms with van der Waals surface area (Å²) in [5, 5.41) is 24.7. The molecule has 0 aliphatic carbocycles. The van der Waals surface area contributed by atoms with Gasteiger partial charge in [-0.25, -0.2) is 9.78 Å². The van der Waals surface area contributed by atoms with Crippen LogP contribution in [0.3, 0.4) is 0 Å². The second-order valence-corrected chi connectivity index (χ2v) is 14.2. The van der Waals surface area contributed by atoms with E-state index < -0.39 is 11.5 Å². The van der Waals surface area contributed by atoms with Gasteiger partial charge in [0.2, 0.25) is 5.82 Å². The minimum Gasteiger partial charge on any atom is -0.478 e. The highest BCUT2D eigenvalue weighted by molar-refractivity contribution is 5.86. The number of aromatic nitrogens is 7. The van der Waals surface area contributed by atoms with E-state index in [-0.39, 0.29) is 0 Å². The first-order chi connectivity index (χ1) is 27.9. The maximum Gasteiger partial charge on any atom is 0.328 e. The van der Waals surface area contributed by atoms with Crippen molar-refractivity contribution in [3.8, 4) is 28.3 Å². The molecule has 8 aromatic rings. The summed E-state index contributed by atoms with van der Waals surface area (Å²) in [6.07, 6.45) is 4.44. The van der Waals surface area contributed by atoms with Gasteiger partial charge < -0.3 is 14.2 Å². The van der Waals surface area contributed by atoms with Crippen molar-refractivity contribution in [2.75, 3.05) is 0 Å². The zero-order chi connectivity index (χ0) is 39.4. The molecule has 0 spiro atoms. The Kier molecular flexibility index (Phi) is 10.3. The van der Waals surface area contributed by atoms with Gasteiger partial charge in [-0.05, 0) is 83.1 Å². The van der Waals surface area contributed by atoms with Crippen LogP contribution in [-0.4, -0.2) is 45.4 Å². The zero-order valence-corrected chi connectivity index (χ0v) is 32.2. The molecule has 0 aliphatic heterocycles. The molecule has 57 heavy (non-hydrogen) atoms. The lowest BCUT2D eigenvalue weighted by molar-refractivity contribution is -0.131. The lowest BCUT2D eigenvalue weighted by Crippen LogP contribution is -2.39. The van der Waals surface area contributed by atoms with Gasteiger partial charge in [-0.15, -0.1) is 15.0 Å². The second kappa shape index (κ2) is 15.9. The number of aliphatic carboxylic acids is 1. The number of hydrogen-bond donors (Lipinski definition) is 1. The summed E-state index contributed by atoms with van der Waals surface area (Å²) in [6, 6.07) is 51.6. The average Bonchev–Trinajstić information content (AvgIpc) is 3.96. The Morgan fingerprint density at radius 1 is 0.719 bits per heavy atom. The molecule has 5 aromatic carbocycles. The maximum absolute atomic E-state index is 11.9. The monoisotopic (exact) mass is 749 g/mol. The predicted molar refractivity (Wildman–Crippen MR) is 224 cm³/mol. The molecule has 0 atom stereocenters. The fourth-order valence-corrected chi connectivity index (χ4v) is 7.85. The van der Waals surface area contributed by atoms with E-state index in [0.717, 1.165) is 74.7 Å². The first-order valence-corrected chi connectivity index (χ1v) is 19.2. The van der Waals surface area contributed by atoms with E-state index in [0.29, 0.717) is 18.2 Å². The zero-order valence-electron chi connectivity index (χ0n) is 32.2. The van der Waals surface area contributed by atoms with Gasteiger partial charge in [-0.2, -0.15) is 0 Å². The Hall–Kier alpha value is -7.13. The Bertz CT molecular complexity index is 2540. The third-order valence-corrected chi connectivity index (χ3v) is 10.4. The topological polar surface area (TPSA) is 104 Å². The van der Waals surface area contributed by atoms with Crippen molar-refractivity contribution in [3.63, 3.8) is 0 Å². The van der Waals surface area contributed by atoms with Gasteiger partial charge in [-0.1, -0.05) is 140 Å². The third-order valence-electron chi connectivity index (χ3n) is 10.4. The molecule has 0 saturated carbocycles. The minimum atomic E-state index is -1.02. The lowest BCUT2D eigenvalue weighted by Gasteiger charge is -2.34. The van der Waals surface area contributed by atoms with Crippen molar-refractivity contribution in [1.29, 1.82) is 0 Å². The molecule has 9 heteroatoms. The molecule has 0 saturated heterocycles. The van der Waals surface area contributed by atoms with Crippen LogP contribution in [0, 0.1) is 13.8 Å². The number of rotatable bonds is 13. The molecule has 0 bridgehead atoms. The van der Waals surface area contributed by atoms with Crippen LogP contribution in [0.15, 0.2) is 158 Å². The van der Waals surface area contributed by atoms with E-state index in [1.54, 1.807) is 10.9 Å². The number of aryl methyl sites for hydroxylation is 3. The summed E-state index contributed by atoms with van der Waals surface area (Å²) < 4.78 is 4.22. The summed E-state index contributed by atoms with van der Waals surface area (Å²) in [4.78, 5) is 18.8. The number of carboxylic acids is 1. The van der Waals surface area contributed by atoms with Gasteiger partial charge >= 0.3 is 5.97 Å². The molecular weight excluding hydrogens is 707 g/mol. The maximum atomic E-state index is 11.9. The van der Waals surface area contributed by atoms with Crippen LogP contribution >= 0.6 is 0 Å². The average molecular weight is 750 g/mol. The summed E-state index contributed by atoms with van der Waals surface area (Å²) in [6.45, 7) is 6.64. The highest BCUT2D eigenvalue weighted by atomic mass is 16.4. The van der Waals surface area contributed by atoms with E-state index in [1.807, 2.05) is 86.6 Å². The fraction of sp³-hybridized carbons (Fsp3) is 0.146. The van der Waals surface area contributed by atoms with Crippen molar-refractivity contribution in [2.45, 2.75) is 45.7 Å². The summed E-state index contributed by atoms with van der Waals surface area (Å²) in [5.41, 5.74) is 8.62. The summed E-state index contributed by atoms with van der Waals surface area (Å²) in [7, 11) is 0. The van der Waals surface area contributed by atoms with Crippen LogP contribution in [0.2, 0.25) is 0 Å². The molecule has 0 fully saturated rings. The van der Waals surface area contributed by atoms with Crippen LogP contribution in [0.4, 0.5) is 0 Å². The Morgan fingerprint density at radius 3 is 1.82 bits per heavy atom. The normalized spacial score (nSPS) is 11.7. The molecule has 3 heterocycles. The van der Waals surface area contributed by atoms with Gasteiger partial charge in [0.25, 0.3) is 0 Å². The van der Waals surface area contributed by atoms with Gasteiger partial charge in [0, 0.05) is 36.0 Å². The molecular formula is C48H43N7O2. The van der Waals surface area contributed by atoms with Crippen molar-refractivity contribution in [1.82, 2.24) is 34.3 Å². The number of carbonyl (C=O) groups is 1. The molecule has 1 N–H and O–H groups in total. The Morgan fingerprint density at radius 2 is 1.28 bits per heavy atom. The van der Waals surface area contributed by atoms with E-state index in [4.69, 9.17) is 20.4 Å². The second-order valence-electron chi connectivity index (χ2n) is 14.2. The van der Waals surface area contributed by atoms with Gasteiger partial charge in [0.15, 0.2) is 11.4 Å². The molecule has 0 aliphatic rings. The van der Waals surface area contributed by atoms with Gasteiger partial charge in [0.05, 0.1) is 5.69 Å². The van der Waals surface area contributed by atoms with Crippen LogP contribution < -0.4 is 0 Å². The van der Waals surface area contributed by atoms with Crippen molar-refractivity contribution < 1.29 is 9.90 Å². The van der Waals surface area contributed by atoms with Crippen molar-refractivity contribution >= 4 is 12.0 Å². The van der Waals surface area contributed by atoms with Gasteiger partial charge in [0.1, 0.15) is 5.82 Å². The van der Waals surface area contributed by atoms with E-state index >= 15 is 0 Å². The highest BCUT2D eigenvalue weighted by Crippen LogP contribution is 2.41. The number of nitrogens with zero attached hydrogens (tertiary/aromatic N) is 7. The molecule has 9 nitrogen and oxygen atoms in total. The van der Waals surface area contributed by atoms with E-state index in [1.165, 1.54) is 6.08 Å². The first kappa shape index (κ1) is 36.8. The quantitative estimate of drug-likeness (QED) is 0.0931. The predicted octanol–water partition coefficient (Wildman–Crippen LogP) is 9.55. The smallest absolute Gasteiger partial charge is 0.328 e. The minimum absolute atomic E-state index is 0.444. The molecule has 0 amide bonds. The SMILES string of the molecule is CCCc1nc(-n2c(C)ccc2C)c(C=CC(=O)O)n1Cc1ccc(-c2ccccc2)c(-c2nnn(C(c3ccccc3)(c3ccccc3)c3ccccc3)n2)c1. The molecule has 3 aromatic heterocycles.